The minimum absolute atomic E-state index is 0.0851. The fraction of sp³-hybridized carbons (Fsp3) is 0.882. The van der Waals surface area contributed by atoms with Crippen LogP contribution in [0.2, 0.25) is 0 Å². The predicted octanol–water partition coefficient (Wildman–Crippen LogP) is 18.9. The third-order valence-electron chi connectivity index (χ3n) is 15.2. The van der Waals surface area contributed by atoms with Crippen LogP contribution in [0, 0.1) is 5.92 Å². The Hall–Kier alpha value is -2.46. The molecule has 0 spiro atoms. The Morgan fingerprint density at radius 1 is 0.356 bits per heavy atom. The average molecular weight is 1280 g/mol. The molecule has 0 aliphatic rings. The number of aliphatic hydroxyl groups is 1. The topological polar surface area (TPSA) is 237 Å². The van der Waals surface area contributed by atoms with Crippen LogP contribution in [0.15, 0.2) is 24.3 Å². The van der Waals surface area contributed by atoms with Crippen molar-refractivity contribution in [3.63, 3.8) is 0 Å². The maximum absolute atomic E-state index is 13.0. The first-order valence-corrected chi connectivity index (χ1v) is 37.9. The van der Waals surface area contributed by atoms with E-state index in [9.17, 15) is 43.2 Å². The number of carbonyl (C=O) groups excluding carboxylic acids is 4. The summed E-state index contributed by atoms with van der Waals surface area (Å²) in [6.07, 6.45) is 49.4. The lowest BCUT2D eigenvalue weighted by Crippen LogP contribution is -2.30. The molecule has 3 N–H and O–H groups in total. The highest BCUT2D eigenvalue weighted by Gasteiger charge is 2.30. The number of allylic oxidation sites excluding steroid dienone is 4. The Balaban J connectivity index is 5.25. The summed E-state index contributed by atoms with van der Waals surface area (Å²) in [5.74, 6) is -1.38. The minimum atomic E-state index is -4.96. The SMILES string of the molecule is CCCCCC/C=C\C=C/CCCCCCCC(=O)O[C@H](COC(=O)CCCCCCCCCCCCCCC(C)C)COP(=O)(O)OC[C@@H](O)COP(=O)(O)OC[C@@H](COC(=O)CCCCCCCCCC)OC(=O)CCCCCCCCCCC. The Morgan fingerprint density at radius 2 is 0.621 bits per heavy atom. The van der Waals surface area contributed by atoms with E-state index in [1.165, 1.54) is 128 Å². The number of phosphoric acid groups is 2. The molecule has 0 heterocycles. The summed E-state index contributed by atoms with van der Waals surface area (Å²) in [6.45, 7) is 7.13. The first-order valence-electron chi connectivity index (χ1n) is 35.0. The summed E-state index contributed by atoms with van der Waals surface area (Å²) >= 11 is 0. The van der Waals surface area contributed by atoms with E-state index in [1.54, 1.807) is 0 Å². The lowest BCUT2D eigenvalue weighted by molar-refractivity contribution is -0.161. The Bertz CT molecular complexity index is 1780. The van der Waals surface area contributed by atoms with Gasteiger partial charge >= 0.3 is 39.5 Å². The highest BCUT2D eigenvalue weighted by atomic mass is 31.2. The smallest absolute Gasteiger partial charge is 0.462 e. The number of phosphoric ester groups is 2. The van der Waals surface area contributed by atoms with Crippen LogP contribution in [0.4, 0.5) is 0 Å². The fourth-order valence-corrected chi connectivity index (χ4v) is 11.3. The predicted molar refractivity (Wildman–Crippen MR) is 349 cm³/mol. The van der Waals surface area contributed by atoms with Crippen molar-refractivity contribution in [1.29, 1.82) is 0 Å². The van der Waals surface area contributed by atoms with E-state index < -0.39 is 97.5 Å². The van der Waals surface area contributed by atoms with Crippen LogP contribution < -0.4 is 0 Å². The van der Waals surface area contributed by atoms with Crippen molar-refractivity contribution in [3.05, 3.63) is 24.3 Å². The first-order chi connectivity index (χ1) is 42.0. The van der Waals surface area contributed by atoms with E-state index in [2.05, 4.69) is 58.9 Å². The molecule has 87 heavy (non-hydrogen) atoms. The van der Waals surface area contributed by atoms with Gasteiger partial charge in [0, 0.05) is 25.7 Å². The zero-order valence-corrected chi connectivity index (χ0v) is 57.4. The van der Waals surface area contributed by atoms with E-state index in [0.29, 0.717) is 25.7 Å². The summed E-state index contributed by atoms with van der Waals surface area (Å²) in [5.41, 5.74) is 0. The van der Waals surface area contributed by atoms with E-state index >= 15 is 0 Å². The Labute approximate surface area is 529 Å². The summed E-state index contributed by atoms with van der Waals surface area (Å²) < 4.78 is 68.0. The van der Waals surface area contributed by atoms with Crippen LogP contribution in [-0.2, 0) is 65.4 Å². The van der Waals surface area contributed by atoms with Crippen LogP contribution in [0.3, 0.4) is 0 Å². The average Bonchev–Trinajstić information content (AvgIpc) is 3.69. The van der Waals surface area contributed by atoms with Gasteiger partial charge in [-0.25, -0.2) is 9.13 Å². The maximum Gasteiger partial charge on any atom is 0.472 e. The van der Waals surface area contributed by atoms with Gasteiger partial charge in [-0.05, 0) is 57.3 Å². The molecule has 0 aromatic carbocycles. The second-order valence-corrected chi connectivity index (χ2v) is 27.3. The monoisotopic (exact) mass is 1280 g/mol. The van der Waals surface area contributed by atoms with Crippen LogP contribution in [0.1, 0.15) is 324 Å². The van der Waals surface area contributed by atoms with Gasteiger partial charge < -0.3 is 33.8 Å². The lowest BCUT2D eigenvalue weighted by Gasteiger charge is -2.21. The fourth-order valence-electron chi connectivity index (χ4n) is 9.75. The van der Waals surface area contributed by atoms with Crippen LogP contribution in [-0.4, -0.2) is 96.7 Å². The van der Waals surface area contributed by atoms with Gasteiger partial charge in [0.25, 0.3) is 0 Å². The van der Waals surface area contributed by atoms with Crippen LogP contribution >= 0.6 is 15.6 Å². The van der Waals surface area contributed by atoms with E-state index in [1.807, 2.05) is 0 Å². The Morgan fingerprint density at radius 3 is 0.943 bits per heavy atom. The molecule has 0 radical (unpaired) electrons. The molecule has 0 fully saturated rings. The first kappa shape index (κ1) is 84.5. The number of unbranched alkanes of at least 4 members (excludes halogenated alkanes) is 35. The molecule has 0 bridgehead atoms. The van der Waals surface area contributed by atoms with Crippen molar-refractivity contribution >= 4 is 39.5 Å². The van der Waals surface area contributed by atoms with Gasteiger partial charge in [0.15, 0.2) is 12.2 Å². The number of ether oxygens (including phenoxy) is 4. The second-order valence-electron chi connectivity index (χ2n) is 24.4. The van der Waals surface area contributed by atoms with Gasteiger partial charge in [0.1, 0.15) is 19.3 Å². The van der Waals surface area contributed by atoms with Crippen LogP contribution in [0.25, 0.3) is 0 Å². The van der Waals surface area contributed by atoms with Crippen molar-refractivity contribution in [2.45, 2.75) is 342 Å². The van der Waals surface area contributed by atoms with Crippen molar-refractivity contribution < 1.29 is 80.2 Å². The molecule has 0 aromatic heterocycles. The molecule has 17 nitrogen and oxygen atoms in total. The third-order valence-corrected chi connectivity index (χ3v) is 17.1. The quantitative estimate of drug-likeness (QED) is 0.0169. The molecule has 512 valence electrons. The third kappa shape index (κ3) is 62.1. The number of rotatable bonds is 66. The summed E-state index contributed by atoms with van der Waals surface area (Å²) in [5, 5.41) is 10.5. The van der Waals surface area contributed by atoms with Gasteiger partial charge in [-0.1, -0.05) is 271 Å². The molecule has 0 aliphatic heterocycles. The minimum Gasteiger partial charge on any atom is -0.462 e. The van der Waals surface area contributed by atoms with Gasteiger partial charge in [0.05, 0.1) is 26.4 Å². The van der Waals surface area contributed by atoms with Gasteiger partial charge in [-0.2, -0.15) is 0 Å². The zero-order valence-electron chi connectivity index (χ0n) is 55.6. The number of hydrogen-bond donors (Lipinski definition) is 3. The van der Waals surface area contributed by atoms with Gasteiger partial charge in [0.2, 0.25) is 0 Å². The standard InChI is InChI=1S/C68H128O17P2/c1-6-9-12-15-18-21-22-23-24-25-30-34-39-44-49-54-68(73)85-64(58-79-66(71)52-47-42-37-33-29-27-26-28-32-35-40-45-50-61(4)5)60-83-87(76,77)81-56-62(69)55-80-86(74,75)82-59-63(57-78-65(70)51-46-41-36-20-17-14-11-8-3)84-67(72)53-48-43-38-31-19-16-13-10-7-2/h21-24,61-64,69H,6-20,25-60H2,1-5H3,(H,74,75)(H,76,77)/b22-21-,24-23-/t62-,63+,64+/m0/s1. The molecule has 0 saturated carbocycles. The molecular weight excluding hydrogens is 1150 g/mol. The van der Waals surface area contributed by atoms with E-state index in [-0.39, 0.29) is 25.7 Å². The summed E-state index contributed by atoms with van der Waals surface area (Å²) in [4.78, 5) is 72.3. The highest BCUT2D eigenvalue weighted by molar-refractivity contribution is 7.47. The van der Waals surface area contributed by atoms with Gasteiger partial charge in [-0.15, -0.1) is 0 Å². The maximum atomic E-state index is 13.0. The number of hydrogen-bond acceptors (Lipinski definition) is 15. The van der Waals surface area contributed by atoms with Crippen LogP contribution in [0.5, 0.6) is 0 Å². The molecule has 0 saturated heterocycles. The highest BCUT2D eigenvalue weighted by Crippen LogP contribution is 2.45. The second kappa shape index (κ2) is 61.1. The zero-order chi connectivity index (χ0) is 64.2. The summed E-state index contributed by atoms with van der Waals surface area (Å²) in [6, 6.07) is 0. The normalized spacial score (nSPS) is 14.3. The largest absolute Gasteiger partial charge is 0.472 e. The number of carbonyl (C=O) groups is 4. The number of esters is 4. The van der Waals surface area contributed by atoms with Crippen molar-refractivity contribution in [3.8, 4) is 0 Å². The molecule has 19 heteroatoms. The molecule has 0 rings (SSSR count). The molecule has 0 aromatic rings. The van der Waals surface area contributed by atoms with Crippen molar-refractivity contribution in [2.24, 2.45) is 5.92 Å². The summed E-state index contributed by atoms with van der Waals surface area (Å²) in [7, 11) is -9.90. The molecular formula is C68H128O17P2. The number of aliphatic hydroxyl groups excluding tert-OH is 1. The molecule has 5 atom stereocenters. The van der Waals surface area contributed by atoms with Gasteiger partial charge in [-0.3, -0.25) is 37.3 Å². The molecule has 0 aliphatic carbocycles. The van der Waals surface area contributed by atoms with Crippen molar-refractivity contribution in [1.82, 2.24) is 0 Å². The van der Waals surface area contributed by atoms with Crippen molar-refractivity contribution in [2.75, 3.05) is 39.6 Å². The van der Waals surface area contributed by atoms with E-state index in [4.69, 9.17) is 37.0 Å². The molecule has 0 amide bonds. The Kier molecular flexibility index (Phi) is 59.3. The molecule has 2 unspecified atom stereocenters. The lowest BCUT2D eigenvalue weighted by atomic mass is 10.0. The van der Waals surface area contributed by atoms with E-state index in [0.717, 1.165) is 115 Å².